The van der Waals surface area contributed by atoms with Gasteiger partial charge in [-0.1, -0.05) is 6.92 Å². The van der Waals surface area contributed by atoms with Crippen LogP contribution in [0.2, 0.25) is 0 Å². The number of carbonyl (C=O) groups is 1. The second-order valence-electron chi connectivity index (χ2n) is 5.69. The van der Waals surface area contributed by atoms with E-state index in [1.54, 1.807) is 6.20 Å². The molecule has 0 radical (unpaired) electrons. The number of piperazine rings is 1. The average molecular weight is 302 g/mol. The van der Waals surface area contributed by atoms with Gasteiger partial charge >= 0.3 is 0 Å². The van der Waals surface area contributed by atoms with E-state index in [-0.39, 0.29) is 11.9 Å². The Morgan fingerprint density at radius 2 is 2.36 bits per heavy atom. The van der Waals surface area contributed by atoms with Gasteiger partial charge in [0, 0.05) is 45.5 Å². The van der Waals surface area contributed by atoms with Crippen LogP contribution in [0.4, 0.5) is 0 Å². The van der Waals surface area contributed by atoms with E-state index in [2.05, 4.69) is 10.3 Å². The number of furan rings is 1. The molecule has 1 atom stereocenters. The minimum atomic E-state index is -0.0725. The van der Waals surface area contributed by atoms with Crippen molar-refractivity contribution in [2.75, 3.05) is 19.6 Å². The van der Waals surface area contributed by atoms with Gasteiger partial charge in [0.15, 0.2) is 5.76 Å². The van der Waals surface area contributed by atoms with Crippen LogP contribution in [0, 0.1) is 6.92 Å². The number of nitrogens with one attached hydrogen (secondary N) is 1. The van der Waals surface area contributed by atoms with Crippen molar-refractivity contribution in [3.63, 3.8) is 0 Å². The summed E-state index contributed by atoms with van der Waals surface area (Å²) < 4.78 is 7.70. The van der Waals surface area contributed by atoms with E-state index in [4.69, 9.17) is 4.42 Å². The van der Waals surface area contributed by atoms with Crippen molar-refractivity contribution in [2.45, 2.75) is 26.3 Å². The number of rotatable bonds is 3. The van der Waals surface area contributed by atoms with Gasteiger partial charge in [0.2, 0.25) is 0 Å². The third kappa shape index (κ3) is 2.54. The molecular formula is C16H22N4O2. The summed E-state index contributed by atoms with van der Waals surface area (Å²) in [7, 11) is 1.95. The topological polar surface area (TPSA) is 63.3 Å². The number of hydrogen-bond acceptors (Lipinski definition) is 4. The van der Waals surface area contributed by atoms with Crippen molar-refractivity contribution in [1.29, 1.82) is 0 Å². The van der Waals surface area contributed by atoms with Gasteiger partial charge in [-0.3, -0.25) is 4.79 Å². The average Bonchev–Trinajstić information content (AvgIpc) is 3.12. The highest BCUT2D eigenvalue weighted by Gasteiger charge is 2.32. The molecule has 0 aliphatic carbocycles. The first-order valence-electron chi connectivity index (χ1n) is 7.70. The fourth-order valence-corrected chi connectivity index (χ4v) is 2.99. The molecule has 0 aromatic carbocycles. The lowest BCUT2D eigenvalue weighted by atomic mass is 10.1. The maximum Gasteiger partial charge on any atom is 0.290 e. The Morgan fingerprint density at radius 1 is 1.55 bits per heavy atom. The Bertz CT molecular complexity index is 673. The van der Waals surface area contributed by atoms with Crippen molar-refractivity contribution in [3.8, 4) is 0 Å². The van der Waals surface area contributed by atoms with Crippen molar-refractivity contribution in [2.24, 2.45) is 7.05 Å². The van der Waals surface area contributed by atoms with Crippen LogP contribution in [-0.4, -0.2) is 40.0 Å². The third-order valence-corrected chi connectivity index (χ3v) is 4.21. The second kappa shape index (κ2) is 5.96. The van der Waals surface area contributed by atoms with E-state index in [9.17, 15) is 4.79 Å². The molecule has 3 rings (SSSR count). The first kappa shape index (κ1) is 14.8. The molecule has 1 aliphatic heterocycles. The molecule has 22 heavy (non-hydrogen) atoms. The summed E-state index contributed by atoms with van der Waals surface area (Å²) in [6, 6.07) is 1.77. The number of aryl methyl sites for hydroxylation is 3. The standard InChI is InChI=1S/C16H22N4O2/c1-4-13-11(2)9-14(22-13)16(21)20-8-5-17-10-12(20)15-18-6-7-19(15)3/h6-7,9,12,17H,4-5,8,10H2,1-3H3. The molecule has 0 bridgehead atoms. The van der Waals surface area contributed by atoms with E-state index in [0.717, 1.165) is 30.1 Å². The minimum Gasteiger partial charge on any atom is -0.456 e. The van der Waals surface area contributed by atoms with Crippen LogP contribution in [-0.2, 0) is 13.5 Å². The molecule has 1 N–H and O–H groups in total. The quantitative estimate of drug-likeness (QED) is 0.937. The van der Waals surface area contributed by atoms with Crippen LogP contribution >= 0.6 is 0 Å². The predicted octanol–water partition coefficient (Wildman–Crippen LogP) is 1.67. The number of amides is 1. The Kier molecular flexibility index (Phi) is 4.02. The maximum absolute atomic E-state index is 12.9. The van der Waals surface area contributed by atoms with Gasteiger partial charge in [0.05, 0.1) is 0 Å². The van der Waals surface area contributed by atoms with E-state index in [1.807, 2.05) is 42.6 Å². The molecule has 3 heterocycles. The largest absolute Gasteiger partial charge is 0.456 e. The molecule has 6 nitrogen and oxygen atoms in total. The molecule has 1 unspecified atom stereocenters. The van der Waals surface area contributed by atoms with E-state index >= 15 is 0 Å². The Hall–Kier alpha value is -2.08. The molecule has 2 aromatic heterocycles. The molecular weight excluding hydrogens is 280 g/mol. The summed E-state index contributed by atoms with van der Waals surface area (Å²) in [5.74, 6) is 2.14. The number of imidazole rings is 1. The summed E-state index contributed by atoms with van der Waals surface area (Å²) in [6.07, 6.45) is 4.46. The smallest absolute Gasteiger partial charge is 0.290 e. The summed E-state index contributed by atoms with van der Waals surface area (Å²) in [4.78, 5) is 19.1. The lowest BCUT2D eigenvalue weighted by Gasteiger charge is -2.35. The maximum atomic E-state index is 12.9. The number of aromatic nitrogens is 2. The van der Waals surface area contributed by atoms with Gasteiger partial charge < -0.3 is 19.2 Å². The number of nitrogens with zero attached hydrogens (tertiary/aromatic N) is 3. The second-order valence-corrected chi connectivity index (χ2v) is 5.69. The monoisotopic (exact) mass is 302 g/mol. The normalized spacial score (nSPS) is 18.7. The van der Waals surface area contributed by atoms with Crippen LogP contribution in [0.25, 0.3) is 0 Å². The highest BCUT2D eigenvalue weighted by atomic mass is 16.4. The van der Waals surface area contributed by atoms with Gasteiger partial charge in [-0.25, -0.2) is 4.98 Å². The van der Waals surface area contributed by atoms with Crippen molar-refractivity contribution < 1.29 is 9.21 Å². The van der Waals surface area contributed by atoms with Crippen LogP contribution < -0.4 is 5.32 Å². The fraction of sp³-hybridized carbons (Fsp3) is 0.500. The summed E-state index contributed by atoms with van der Waals surface area (Å²) >= 11 is 0. The van der Waals surface area contributed by atoms with Gasteiger partial charge in [0.25, 0.3) is 5.91 Å². The predicted molar refractivity (Wildman–Crippen MR) is 82.7 cm³/mol. The highest BCUT2D eigenvalue weighted by Crippen LogP contribution is 2.24. The van der Waals surface area contributed by atoms with Gasteiger partial charge in [-0.2, -0.15) is 0 Å². The zero-order chi connectivity index (χ0) is 15.7. The zero-order valence-corrected chi connectivity index (χ0v) is 13.3. The van der Waals surface area contributed by atoms with Gasteiger partial charge in [-0.15, -0.1) is 0 Å². The van der Waals surface area contributed by atoms with Crippen LogP contribution in [0.15, 0.2) is 22.9 Å². The molecule has 0 spiro atoms. The molecule has 1 aliphatic rings. The van der Waals surface area contributed by atoms with Crippen LogP contribution in [0.3, 0.4) is 0 Å². The van der Waals surface area contributed by atoms with Crippen molar-refractivity contribution in [1.82, 2.24) is 19.8 Å². The van der Waals surface area contributed by atoms with Crippen molar-refractivity contribution in [3.05, 3.63) is 41.4 Å². The highest BCUT2D eigenvalue weighted by molar-refractivity contribution is 5.92. The SMILES string of the molecule is CCc1oc(C(=O)N2CCNCC2c2nccn2C)cc1C. The molecule has 6 heteroatoms. The summed E-state index contributed by atoms with van der Waals surface area (Å²) in [5, 5.41) is 3.34. The van der Waals surface area contributed by atoms with Crippen LogP contribution in [0.5, 0.6) is 0 Å². The third-order valence-electron chi connectivity index (χ3n) is 4.21. The first-order chi connectivity index (χ1) is 10.6. The zero-order valence-electron chi connectivity index (χ0n) is 13.3. The number of hydrogen-bond donors (Lipinski definition) is 1. The molecule has 1 amide bonds. The minimum absolute atomic E-state index is 0.0581. The molecule has 2 aromatic rings. The molecule has 0 saturated carbocycles. The lowest BCUT2D eigenvalue weighted by Crippen LogP contribution is -2.49. The van der Waals surface area contributed by atoms with E-state index < -0.39 is 0 Å². The van der Waals surface area contributed by atoms with Crippen molar-refractivity contribution >= 4 is 5.91 Å². The summed E-state index contributed by atoms with van der Waals surface area (Å²) in [6.45, 7) is 6.15. The molecule has 118 valence electrons. The van der Waals surface area contributed by atoms with Gasteiger partial charge in [-0.05, 0) is 18.6 Å². The Morgan fingerprint density at radius 3 is 3.00 bits per heavy atom. The Labute approximate surface area is 130 Å². The molecule has 1 fully saturated rings. The van der Waals surface area contributed by atoms with E-state index in [0.29, 0.717) is 18.8 Å². The summed E-state index contributed by atoms with van der Waals surface area (Å²) in [5.41, 5.74) is 1.04. The Balaban J connectivity index is 1.90. The number of carbonyl (C=O) groups excluding carboxylic acids is 1. The lowest BCUT2D eigenvalue weighted by molar-refractivity contribution is 0.0586. The van der Waals surface area contributed by atoms with Crippen LogP contribution in [0.1, 0.15) is 40.7 Å². The first-order valence-corrected chi connectivity index (χ1v) is 7.70. The fourth-order valence-electron chi connectivity index (χ4n) is 2.99. The van der Waals surface area contributed by atoms with Gasteiger partial charge in [0.1, 0.15) is 17.6 Å². The van der Waals surface area contributed by atoms with E-state index in [1.165, 1.54) is 0 Å². The molecule has 1 saturated heterocycles.